The van der Waals surface area contributed by atoms with Crippen molar-refractivity contribution in [3.8, 4) is 5.75 Å². The normalized spacial score (nSPS) is 16.0. The molecule has 0 aliphatic carbocycles. The monoisotopic (exact) mass is 480 g/mol. The van der Waals surface area contributed by atoms with Crippen molar-refractivity contribution >= 4 is 17.8 Å². The number of fused-ring (bicyclic) bond motifs is 1. The summed E-state index contributed by atoms with van der Waals surface area (Å²) in [6.07, 6.45) is 3.43. The number of piperidine rings is 1. The highest BCUT2D eigenvalue weighted by atomic mass is 16.5. The molecule has 4 rings (SSSR count). The van der Waals surface area contributed by atoms with E-state index in [1.54, 1.807) is 0 Å². The van der Waals surface area contributed by atoms with Gasteiger partial charge in [-0.05, 0) is 62.0 Å². The predicted molar refractivity (Wildman–Crippen MR) is 131 cm³/mol. The zero-order chi connectivity index (χ0) is 25.2. The van der Waals surface area contributed by atoms with Gasteiger partial charge in [-0.3, -0.25) is 9.69 Å². The molecule has 1 amide bonds. The van der Waals surface area contributed by atoms with Gasteiger partial charge in [0.25, 0.3) is 5.91 Å². The molecule has 0 saturated carbocycles. The summed E-state index contributed by atoms with van der Waals surface area (Å²) in [6.45, 7) is 7.64. The zero-order valence-electron chi connectivity index (χ0n) is 19.9. The van der Waals surface area contributed by atoms with Gasteiger partial charge in [0.2, 0.25) is 0 Å². The second-order valence-electron chi connectivity index (χ2n) is 8.75. The van der Waals surface area contributed by atoms with Gasteiger partial charge < -0.3 is 19.8 Å². The summed E-state index contributed by atoms with van der Waals surface area (Å²) in [7, 11) is 0. The van der Waals surface area contributed by atoms with E-state index < -0.39 is 11.9 Å². The van der Waals surface area contributed by atoms with Crippen LogP contribution in [0.1, 0.15) is 34.3 Å². The molecule has 1 fully saturated rings. The number of ether oxygens (including phenoxy) is 1. The Kier molecular flexibility index (Phi) is 9.43. The number of likely N-dealkylation sites (tertiary alicyclic amines) is 1. The number of benzene rings is 2. The summed E-state index contributed by atoms with van der Waals surface area (Å²) in [5.41, 5.74) is 3.25. The number of carboxylic acids is 2. The largest absolute Gasteiger partial charge is 0.492 e. The molecule has 0 spiro atoms. The lowest BCUT2D eigenvalue weighted by Gasteiger charge is -2.33. The molecule has 0 aromatic heterocycles. The number of aryl methyl sites for hydroxylation is 1. The Bertz CT molecular complexity index is 1040. The fourth-order valence-corrected chi connectivity index (χ4v) is 4.31. The Labute approximate surface area is 205 Å². The van der Waals surface area contributed by atoms with E-state index in [1.165, 1.54) is 11.1 Å². The number of para-hydroxylation sites is 1. The Morgan fingerprint density at radius 2 is 1.63 bits per heavy atom. The maximum atomic E-state index is 12.5. The van der Waals surface area contributed by atoms with Crippen LogP contribution in [0.2, 0.25) is 0 Å². The van der Waals surface area contributed by atoms with Crippen LogP contribution in [0.25, 0.3) is 0 Å². The van der Waals surface area contributed by atoms with Crippen molar-refractivity contribution in [3.63, 3.8) is 0 Å². The minimum atomic E-state index is -1.26. The molecule has 186 valence electrons. The maximum Gasteiger partial charge on any atom is 0.328 e. The summed E-state index contributed by atoms with van der Waals surface area (Å²) in [5.74, 6) is -0.712. The topological polar surface area (TPSA) is 107 Å². The number of hydrogen-bond acceptors (Lipinski definition) is 5. The fourth-order valence-electron chi connectivity index (χ4n) is 4.31. The van der Waals surface area contributed by atoms with Crippen LogP contribution in [0.3, 0.4) is 0 Å². The van der Waals surface area contributed by atoms with Crippen molar-refractivity contribution in [1.82, 2.24) is 9.80 Å². The molecule has 8 nitrogen and oxygen atoms in total. The van der Waals surface area contributed by atoms with Crippen LogP contribution < -0.4 is 4.74 Å². The third-order valence-corrected chi connectivity index (χ3v) is 6.21. The van der Waals surface area contributed by atoms with Crippen molar-refractivity contribution in [2.75, 3.05) is 32.8 Å². The average Bonchev–Trinajstić information content (AvgIpc) is 3.16. The van der Waals surface area contributed by atoms with Crippen LogP contribution in [0.5, 0.6) is 5.75 Å². The molecule has 35 heavy (non-hydrogen) atoms. The quantitative estimate of drug-likeness (QED) is 0.557. The number of aliphatic carboxylic acids is 2. The van der Waals surface area contributed by atoms with Crippen LogP contribution in [-0.2, 0) is 16.1 Å². The first-order chi connectivity index (χ1) is 16.8. The maximum absolute atomic E-state index is 12.5. The van der Waals surface area contributed by atoms with E-state index in [0.29, 0.717) is 18.1 Å². The summed E-state index contributed by atoms with van der Waals surface area (Å²) in [4.78, 5) is 36.2. The summed E-state index contributed by atoms with van der Waals surface area (Å²) in [6, 6.07) is 16.2. The highest BCUT2D eigenvalue weighted by molar-refractivity contribution is 5.98. The number of carbonyl (C=O) groups is 3. The molecule has 8 heteroatoms. The van der Waals surface area contributed by atoms with Crippen LogP contribution in [0.15, 0.2) is 60.7 Å². The molecule has 0 unspecified atom stereocenters. The van der Waals surface area contributed by atoms with Gasteiger partial charge in [-0.15, -0.1) is 0 Å². The van der Waals surface area contributed by atoms with Crippen molar-refractivity contribution in [3.05, 3.63) is 77.4 Å². The van der Waals surface area contributed by atoms with E-state index in [2.05, 4.69) is 24.0 Å². The Hall–Kier alpha value is -3.65. The highest BCUT2D eigenvalue weighted by Crippen LogP contribution is 2.26. The first-order valence-corrected chi connectivity index (χ1v) is 11.8. The summed E-state index contributed by atoms with van der Waals surface area (Å²) >= 11 is 0. The first-order valence-electron chi connectivity index (χ1n) is 11.8. The van der Waals surface area contributed by atoms with Crippen LogP contribution in [0, 0.1) is 12.8 Å². The molecule has 0 radical (unpaired) electrons. The van der Waals surface area contributed by atoms with Gasteiger partial charge in [0.1, 0.15) is 12.4 Å². The molecular weight excluding hydrogens is 448 g/mol. The van der Waals surface area contributed by atoms with E-state index >= 15 is 0 Å². The van der Waals surface area contributed by atoms with E-state index in [9.17, 15) is 14.4 Å². The molecule has 2 heterocycles. The molecule has 2 aromatic carbocycles. The molecule has 0 atom stereocenters. The van der Waals surface area contributed by atoms with Gasteiger partial charge in [0, 0.05) is 37.3 Å². The van der Waals surface area contributed by atoms with E-state index in [4.69, 9.17) is 14.9 Å². The molecule has 2 aromatic rings. The predicted octanol–water partition coefficient (Wildman–Crippen LogP) is 3.45. The lowest BCUT2D eigenvalue weighted by atomic mass is 9.96. The van der Waals surface area contributed by atoms with E-state index in [1.807, 2.05) is 41.3 Å². The molecule has 2 aliphatic heterocycles. The van der Waals surface area contributed by atoms with Gasteiger partial charge in [0.05, 0.1) is 0 Å². The molecule has 1 saturated heterocycles. The van der Waals surface area contributed by atoms with Gasteiger partial charge in [-0.1, -0.05) is 36.4 Å². The van der Waals surface area contributed by atoms with Crippen molar-refractivity contribution in [2.45, 2.75) is 26.3 Å². The summed E-state index contributed by atoms with van der Waals surface area (Å²) < 4.78 is 5.93. The van der Waals surface area contributed by atoms with Crippen molar-refractivity contribution in [1.29, 1.82) is 0 Å². The lowest BCUT2D eigenvalue weighted by Crippen LogP contribution is -2.40. The number of amides is 1. The van der Waals surface area contributed by atoms with Crippen LogP contribution in [0.4, 0.5) is 0 Å². The van der Waals surface area contributed by atoms with Crippen LogP contribution >= 0.6 is 0 Å². The Morgan fingerprint density at radius 3 is 2.26 bits per heavy atom. The number of hydrogen-bond donors (Lipinski definition) is 2. The fraction of sp³-hybridized carbons (Fsp3) is 0.370. The van der Waals surface area contributed by atoms with Crippen molar-refractivity contribution < 1.29 is 29.3 Å². The minimum absolute atomic E-state index is 0.208. The molecule has 0 bridgehead atoms. The Balaban J connectivity index is 0.000000371. The van der Waals surface area contributed by atoms with Gasteiger partial charge >= 0.3 is 11.9 Å². The standard InChI is InChI=1S/C23H28N2O2.C4H4O4/c1-18-6-2-5-9-22(18)27-15-14-24-12-10-19(11-13-24)16-25-17-20-7-3-4-8-21(20)23(25)26;5-3(6)1-2-4(7)8/h2-9,19H,10-17H2,1H3;1-2H,(H,5,6)(H,7,8)/b;2-1+. The van der Waals surface area contributed by atoms with Gasteiger partial charge in [-0.2, -0.15) is 0 Å². The zero-order valence-corrected chi connectivity index (χ0v) is 19.9. The number of rotatable bonds is 8. The third-order valence-electron chi connectivity index (χ3n) is 6.21. The number of carbonyl (C=O) groups excluding carboxylic acids is 1. The number of nitrogens with zero attached hydrogens (tertiary/aromatic N) is 2. The third kappa shape index (κ3) is 7.96. The molecular formula is C27H32N2O6. The first kappa shape index (κ1) is 26.0. The average molecular weight is 481 g/mol. The highest BCUT2D eigenvalue weighted by Gasteiger charge is 2.30. The second-order valence-corrected chi connectivity index (χ2v) is 8.75. The minimum Gasteiger partial charge on any atom is -0.492 e. The van der Waals surface area contributed by atoms with E-state index in [-0.39, 0.29) is 5.91 Å². The number of carboxylic acid groups (broad SMARTS) is 2. The van der Waals surface area contributed by atoms with Crippen LogP contribution in [-0.4, -0.2) is 70.6 Å². The molecule has 2 N–H and O–H groups in total. The van der Waals surface area contributed by atoms with E-state index in [0.717, 1.165) is 63.5 Å². The van der Waals surface area contributed by atoms with Gasteiger partial charge in [-0.25, -0.2) is 9.59 Å². The van der Waals surface area contributed by atoms with Gasteiger partial charge in [0.15, 0.2) is 0 Å². The molecule has 2 aliphatic rings. The smallest absolute Gasteiger partial charge is 0.328 e. The van der Waals surface area contributed by atoms with Crippen molar-refractivity contribution in [2.24, 2.45) is 5.92 Å². The summed E-state index contributed by atoms with van der Waals surface area (Å²) in [5, 5.41) is 15.6. The SMILES string of the molecule is Cc1ccccc1OCCN1CCC(CN2Cc3ccccc3C2=O)CC1.O=C(O)/C=C/C(=O)O. The Morgan fingerprint density at radius 1 is 1.00 bits per heavy atom. The lowest BCUT2D eigenvalue weighted by molar-refractivity contribution is -0.134. The second kappa shape index (κ2) is 12.7.